The molecule has 2 nitrogen and oxygen atoms in total. The van der Waals surface area contributed by atoms with Crippen molar-refractivity contribution in [3.05, 3.63) is 23.8 Å². The van der Waals surface area contributed by atoms with Crippen LogP contribution in [0.15, 0.2) is 18.2 Å². The van der Waals surface area contributed by atoms with Crippen LogP contribution in [0.5, 0.6) is 5.75 Å². The normalized spacial score (nSPS) is 11.4. The minimum atomic E-state index is 0.147. The van der Waals surface area contributed by atoms with E-state index < -0.39 is 0 Å². The molecule has 0 saturated heterocycles. The average Bonchev–Trinajstić information content (AvgIpc) is 2.33. The molecule has 2 heteroatoms. The van der Waals surface area contributed by atoms with E-state index in [1.807, 2.05) is 7.05 Å². The summed E-state index contributed by atoms with van der Waals surface area (Å²) in [5, 5.41) is 3.20. The van der Waals surface area contributed by atoms with E-state index in [2.05, 4.69) is 51.2 Å². The highest BCUT2D eigenvalue weighted by atomic mass is 16.5. The largest absolute Gasteiger partial charge is 0.494 e. The van der Waals surface area contributed by atoms with Crippen LogP contribution >= 0.6 is 0 Å². The molecule has 0 unspecified atom stereocenters. The Morgan fingerprint density at radius 3 is 2.39 bits per heavy atom. The Balaban J connectivity index is 2.78. The van der Waals surface area contributed by atoms with Gasteiger partial charge in [0.2, 0.25) is 0 Å². The van der Waals surface area contributed by atoms with E-state index in [4.69, 9.17) is 4.74 Å². The highest BCUT2D eigenvalue weighted by Crippen LogP contribution is 2.29. The number of benzene rings is 1. The van der Waals surface area contributed by atoms with E-state index in [9.17, 15) is 0 Å². The zero-order valence-electron chi connectivity index (χ0n) is 12.5. The molecule has 1 aromatic carbocycles. The van der Waals surface area contributed by atoms with Crippen molar-refractivity contribution in [1.82, 2.24) is 0 Å². The molecule has 1 rings (SSSR count). The van der Waals surface area contributed by atoms with Gasteiger partial charge in [0.05, 0.1) is 6.61 Å². The van der Waals surface area contributed by atoms with Crippen molar-refractivity contribution >= 4 is 5.69 Å². The van der Waals surface area contributed by atoms with Crippen molar-refractivity contribution in [2.75, 3.05) is 19.0 Å². The van der Waals surface area contributed by atoms with Crippen molar-refractivity contribution in [2.24, 2.45) is 0 Å². The van der Waals surface area contributed by atoms with Gasteiger partial charge in [0.25, 0.3) is 0 Å². The predicted octanol–water partition coefficient (Wildman–Crippen LogP) is 4.59. The van der Waals surface area contributed by atoms with E-state index >= 15 is 0 Å². The zero-order valence-corrected chi connectivity index (χ0v) is 12.5. The van der Waals surface area contributed by atoms with Crippen LogP contribution in [-0.2, 0) is 5.41 Å². The van der Waals surface area contributed by atoms with Crippen LogP contribution in [-0.4, -0.2) is 13.7 Å². The fourth-order valence-corrected chi connectivity index (χ4v) is 1.80. The summed E-state index contributed by atoms with van der Waals surface area (Å²) >= 11 is 0. The second-order valence-electron chi connectivity index (χ2n) is 5.80. The Hall–Kier alpha value is -1.18. The molecule has 0 aliphatic rings. The van der Waals surface area contributed by atoms with Gasteiger partial charge in [-0.25, -0.2) is 0 Å². The Bertz CT molecular complexity index is 366. The quantitative estimate of drug-likeness (QED) is 0.744. The van der Waals surface area contributed by atoms with Gasteiger partial charge in [-0.15, -0.1) is 0 Å². The molecule has 0 spiro atoms. The van der Waals surface area contributed by atoms with E-state index in [1.165, 1.54) is 18.4 Å². The number of hydrogen-bond acceptors (Lipinski definition) is 2. The molecular weight excluding hydrogens is 222 g/mol. The van der Waals surface area contributed by atoms with Crippen molar-refractivity contribution < 1.29 is 4.74 Å². The molecule has 0 fully saturated rings. The summed E-state index contributed by atoms with van der Waals surface area (Å²) in [5.74, 6) is 0.975. The third-order valence-corrected chi connectivity index (χ3v) is 3.08. The highest BCUT2D eigenvalue weighted by Gasteiger charge is 2.15. The predicted molar refractivity (Wildman–Crippen MR) is 79.7 cm³/mol. The summed E-state index contributed by atoms with van der Waals surface area (Å²) < 4.78 is 5.85. The van der Waals surface area contributed by atoms with Gasteiger partial charge in [0.1, 0.15) is 5.75 Å². The van der Waals surface area contributed by atoms with Crippen molar-refractivity contribution in [2.45, 2.75) is 52.4 Å². The molecule has 1 N–H and O–H groups in total. The molecule has 1 aromatic rings. The first-order chi connectivity index (χ1) is 8.47. The standard InChI is InChI=1S/C16H27NO/c1-6-7-8-9-18-15-11-13(16(2,3)4)10-14(12-15)17-5/h10-12,17H,6-9H2,1-5H3. The van der Waals surface area contributed by atoms with Gasteiger partial charge in [-0.1, -0.05) is 40.5 Å². The van der Waals surface area contributed by atoms with E-state index in [0.29, 0.717) is 0 Å². The Morgan fingerprint density at radius 1 is 1.11 bits per heavy atom. The smallest absolute Gasteiger partial charge is 0.121 e. The monoisotopic (exact) mass is 249 g/mol. The van der Waals surface area contributed by atoms with Crippen LogP contribution in [0.25, 0.3) is 0 Å². The Kier molecular flexibility index (Phi) is 5.52. The number of anilines is 1. The maximum absolute atomic E-state index is 5.85. The van der Waals surface area contributed by atoms with Crippen LogP contribution in [0.1, 0.15) is 52.5 Å². The molecule has 0 saturated carbocycles. The van der Waals surface area contributed by atoms with Gasteiger partial charge in [0, 0.05) is 18.8 Å². The number of ether oxygens (including phenoxy) is 1. The van der Waals surface area contributed by atoms with Crippen molar-refractivity contribution in [3.8, 4) is 5.75 Å². The molecule has 0 aliphatic heterocycles. The van der Waals surface area contributed by atoms with Crippen LogP contribution < -0.4 is 10.1 Å². The second-order valence-corrected chi connectivity index (χ2v) is 5.80. The van der Waals surface area contributed by atoms with Crippen LogP contribution in [0, 0.1) is 0 Å². The highest BCUT2D eigenvalue weighted by molar-refractivity contribution is 5.52. The lowest BCUT2D eigenvalue weighted by molar-refractivity contribution is 0.305. The van der Waals surface area contributed by atoms with Gasteiger partial charge in [-0.05, 0) is 29.5 Å². The average molecular weight is 249 g/mol. The first-order valence-corrected chi connectivity index (χ1v) is 6.93. The van der Waals surface area contributed by atoms with Gasteiger partial charge in [-0.2, -0.15) is 0 Å². The summed E-state index contributed by atoms with van der Waals surface area (Å²) in [5.41, 5.74) is 2.57. The fraction of sp³-hybridized carbons (Fsp3) is 0.625. The fourth-order valence-electron chi connectivity index (χ4n) is 1.80. The molecule has 0 aliphatic carbocycles. The molecular formula is C16H27NO. The Labute approximate surface area is 112 Å². The third-order valence-electron chi connectivity index (χ3n) is 3.08. The van der Waals surface area contributed by atoms with Crippen LogP contribution in [0.2, 0.25) is 0 Å². The first kappa shape index (κ1) is 14.9. The molecule has 102 valence electrons. The maximum atomic E-state index is 5.85. The maximum Gasteiger partial charge on any atom is 0.121 e. The van der Waals surface area contributed by atoms with Crippen LogP contribution in [0.3, 0.4) is 0 Å². The molecule has 0 aromatic heterocycles. The minimum Gasteiger partial charge on any atom is -0.494 e. The lowest BCUT2D eigenvalue weighted by atomic mass is 9.86. The Morgan fingerprint density at radius 2 is 1.83 bits per heavy atom. The minimum absolute atomic E-state index is 0.147. The second kappa shape index (κ2) is 6.67. The molecule has 0 amide bonds. The number of unbranched alkanes of at least 4 members (excludes halogenated alkanes) is 2. The number of hydrogen-bond donors (Lipinski definition) is 1. The topological polar surface area (TPSA) is 21.3 Å². The van der Waals surface area contributed by atoms with Crippen molar-refractivity contribution in [3.63, 3.8) is 0 Å². The summed E-state index contributed by atoms with van der Waals surface area (Å²) in [6.07, 6.45) is 3.59. The lowest BCUT2D eigenvalue weighted by Crippen LogP contribution is -2.12. The van der Waals surface area contributed by atoms with Gasteiger partial charge in [-0.3, -0.25) is 0 Å². The van der Waals surface area contributed by atoms with Gasteiger partial charge in [0.15, 0.2) is 0 Å². The third kappa shape index (κ3) is 4.59. The molecule has 0 atom stereocenters. The van der Waals surface area contributed by atoms with E-state index in [1.54, 1.807) is 0 Å². The number of nitrogens with one attached hydrogen (secondary N) is 1. The van der Waals surface area contributed by atoms with Crippen molar-refractivity contribution in [1.29, 1.82) is 0 Å². The summed E-state index contributed by atoms with van der Waals surface area (Å²) in [6.45, 7) is 9.69. The first-order valence-electron chi connectivity index (χ1n) is 6.93. The van der Waals surface area contributed by atoms with E-state index in [0.717, 1.165) is 24.5 Å². The molecule has 0 heterocycles. The molecule has 18 heavy (non-hydrogen) atoms. The zero-order chi connectivity index (χ0) is 13.6. The molecule has 0 radical (unpaired) electrons. The van der Waals surface area contributed by atoms with E-state index in [-0.39, 0.29) is 5.41 Å². The summed E-state index contributed by atoms with van der Waals surface area (Å²) in [6, 6.07) is 6.42. The lowest BCUT2D eigenvalue weighted by Gasteiger charge is -2.21. The number of rotatable bonds is 6. The van der Waals surface area contributed by atoms with Gasteiger partial charge < -0.3 is 10.1 Å². The summed E-state index contributed by atoms with van der Waals surface area (Å²) in [7, 11) is 1.95. The SMILES string of the molecule is CCCCCOc1cc(NC)cc(C(C)(C)C)c1. The molecule has 0 bridgehead atoms. The summed E-state index contributed by atoms with van der Waals surface area (Å²) in [4.78, 5) is 0. The van der Waals surface area contributed by atoms with Gasteiger partial charge >= 0.3 is 0 Å². The van der Waals surface area contributed by atoms with Crippen LogP contribution in [0.4, 0.5) is 5.69 Å².